The lowest BCUT2D eigenvalue weighted by Gasteiger charge is -2.09. The van der Waals surface area contributed by atoms with Crippen molar-refractivity contribution in [3.05, 3.63) is 0 Å². The van der Waals surface area contributed by atoms with Gasteiger partial charge >= 0.3 is 0 Å². The Kier molecular flexibility index (Phi) is 5.04. The molecule has 2 unspecified atom stereocenters. The van der Waals surface area contributed by atoms with Gasteiger partial charge in [-0.15, -0.1) is 12.4 Å². The van der Waals surface area contributed by atoms with Gasteiger partial charge in [0.15, 0.2) is 0 Å². The van der Waals surface area contributed by atoms with E-state index in [1.54, 1.807) is 0 Å². The molecule has 0 amide bonds. The molecule has 10 heavy (non-hydrogen) atoms. The van der Waals surface area contributed by atoms with E-state index in [2.05, 4.69) is 0 Å². The molecule has 2 atom stereocenters. The molecule has 1 fully saturated rings. The minimum absolute atomic E-state index is 0. The van der Waals surface area contributed by atoms with Crippen LogP contribution in [0.5, 0.6) is 0 Å². The summed E-state index contributed by atoms with van der Waals surface area (Å²) in [6.45, 7) is 0. The fourth-order valence-corrected chi connectivity index (χ4v) is 1.37. The molecule has 0 radical (unpaired) electrons. The van der Waals surface area contributed by atoms with Crippen LogP contribution in [0.2, 0.25) is 0 Å². The van der Waals surface area contributed by atoms with Crippen molar-refractivity contribution in [3.63, 3.8) is 0 Å². The minimum Gasteiger partial charge on any atom is -0.393 e. The van der Waals surface area contributed by atoms with E-state index in [0.717, 1.165) is 25.7 Å². The van der Waals surface area contributed by atoms with Crippen LogP contribution >= 0.6 is 12.4 Å². The first-order valence-electron chi connectivity index (χ1n) is 3.72. The molecule has 0 aromatic carbocycles. The van der Waals surface area contributed by atoms with Crippen LogP contribution in [0.4, 0.5) is 0 Å². The van der Waals surface area contributed by atoms with E-state index in [1.165, 1.54) is 6.42 Å². The SMILES string of the molecule is Cl.NC1CCCCC(O)C1. The molecule has 2 nitrogen and oxygen atoms in total. The van der Waals surface area contributed by atoms with Gasteiger partial charge < -0.3 is 10.8 Å². The summed E-state index contributed by atoms with van der Waals surface area (Å²) in [5.74, 6) is 0. The minimum atomic E-state index is -0.123. The highest BCUT2D eigenvalue weighted by molar-refractivity contribution is 5.85. The molecule has 3 N–H and O–H groups in total. The smallest absolute Gasteiger partial charge is 0.0555 e. The first-order valence-corrected chi connectivity index (χ1v) is 3.72. The Labute approximate surface area is 68.2 Å². The van der Waals surface area contributed by atoms with E-state index in [-0.39, 0.29) is 24.6 Å². The lowest BCUT2D eigenvalue weighted by molar-refractivity contribution is 0.152. The summed E-state index contributed by atoms with van der Waals surface area (Å²) in [6.07, 6.45) is 5.07. The van der Waals surface area contributed by atoms with E-state index < -0.39 is 0 Å². The molecule has 0 aromatic heterocycles. The zero-order valence-corrected chi connectivity index (χ0v) is 6.94. The van der Waals surface area contributed by atoms with Crippen molar-refractivity contribution in [2.75, 3.05) is 0 Å². The van der Waals surface area contributed by atoms with Crippen LogP contribution < -0.4 is 5.73 Å². The molecule has 0 saturated heterocycles. The highest BCUT2D eigenvalue weighted by atomic mass is 35.5. The molecule has 0 bridgehead atoms. The number of aliphatic hydroxyl groups excluding tert-OH is 1. The van der Waals surface area contributed by atoms with Gasteiger partial charge in [-0.2, -0.15) is 0 Å². The lowest BCUT2D eigenvalue weighted by atomic mass is 10.1. The number of halogens is 1. The molecule has 1 aliphatic carbocycles. The number of aliphatic hydroxyl groups is 1. The second-order valence-corrected chi connectivity index (χ2v) is 2.93. The van der Waals surface area contributed by atoms with E-state index in [1.807, 2.05) is 0 Å². The maximum absolute atomic E-state index is 9.18. The van der Waals surface area contributed by atoms with Gasteiger partial charge in [0.2, 0.25) is 0 Å². The molecule has 0 heterocycles. The Morgan fingerprint density at radius 2 is 1.80 bits per heavy atom. The van der Waals surface area contributed by atoms with E-state index in [0.29, 0.717) is 0 Å². The third-order valence-corrected chi connectivity index (χ3v) is 1.94. The van der Waals surface area contributed by atoms with Crippen molar-refractivity contribution in [2.45, 2.75) is 44.2 Å². The first-order chi connectivity index (χ1) is 4.29. The van der Waals surface area contributed by atoms with Gasteiger partial charge in [-0.05, 0) is 19.3 Å². The van der Waals surface area contributed by atoms with Crippen molar-refractivity contribution in [3.8, 4) is 0 Å². The topological polar surface area (TPSA) is 46.2 Å². The molecule has 0 aliphatic heterocycles. The van der Waals surface area contributed by atoms with Gasteiger partial charge in [0, 0.05) is 6.04 Å². The average Bonchev–Trinajstić information content (AvgIpc) is 1.93. The maximum atomic E-state index is 9.18. The summed E-state index contributed by atoms with van der Waals surface area (Å²) in [7, 11) is 0. The van der Waals surface area contributed by atoms with Crippen molar-refractivity contribution >= 4 is 12.4 Å². The molecule has 0 spiro atoms. The normalized spacial score (nSPS) is 34.2. The van der Waals surface area contributed by atoms with Crippen LogP contribution in [-0.4, -0.2) is 17.3 Å². The fraction of sp³-hybridized carbons (Fsp3) is 1.00. The predicted molar refractivity (Wildman–Crippen MR) is 44.3 cm³/mol. The zero-order valence-electron chi connectivity index (χ0n) is 6.12. The van der Waals surface area contributed by atoms with Crippen LogP contribution in [0.15, 0.2) is 0 Å². The lowest BCUT2D eigenvalue weighted by Crippen LogP contribution is -2.23. The van der Waals surface area contributed by atoms with Crippen LogP contribution in [0, 0.1) is 0 Å². The quantitative estimate of drug-likeness (QED) is 0.528. The van der Waals surface area contributed by atoms with Crippen LogP contribution in [0.1, 0.15) is 32.1 Å². The van der Waals surface area contributed by atoms with Gasteiger partial charge in [-0.1, -0.05) is 12.8 Å². The van der Waals surface area contributed by atoms with Crippen LogP contribution in [0.3, 0.4) is 0 Å². The molecule has 1 rings (SSSR count). The molecule has 62 valence electrons. The van der Waals surface area contributed by atoms with Crippen LogP contribution in [0.25, 0.3) is 0 Å². The summed E-state index contributed by atoms with van der Waals surface area (Å²) in [6, 6.07) is 0.252. The Morgan fingerprint density at radius 3 is 2.50 bits per heavy atom. The third kappa shape index (κ3) is 3.40. The second-order valence-electron chi connectivity index (χ2n) is 2.93. The fourth-order valence-electron chi connectivity index (χ4n) is 1.37. The first kappa shape index (κ1) is 10.2. The summed E-state index contributed by atoms with van der Waals surface area (Å²) in [5, 5.41) is 9.18. The summed E-state index contributed by atoms with van der Waals surface area (Å²) in [4.78, 5) is 0. The molecule has 1 saturated carbocycles. The Morgan fingerprint density at radius 1 is 1.20 bits per heavy atom. The molecular formula is C7H16ClNO. The van der Waals surface area contributed by atoms with Gasteiger partial charge in [-0.25, -0.2) is 0 Å². The highest BCUT2D eigenvalue weighted by Crippen LogP contribution is 2.15. The number of rotatable bonds is 0. The van der Waals surface area contributed by atoms with E-state index in [4.69, 9.17) is 5.73 Å². The van der Waals surface area contributed by atoms with Crippen molar-refractivity contribution in [1.29, 1.82) is 0 Å². The predicted octanol–water partition coefficient (Wildman–Crippen LogP) is 1.06. The monoisotopic (exact) mass is 165 g/mol. The largest absolute Gasteiger partial charge is 0.393 e. The van der Waals surface area contributed by atoms with E-state index in [9.17, 15) is 5.11 Å². The summed E-state index contributed by atoms with van der Waals surface area (Å²) < 4.78 is 0. The number of hydrogen-bond donors (Lipinski definition) is 2. The van der Waals surface area contributed by atoms with Gasteiger partial charge in [0.05, 0.1) is 6.10 Å². The van der Waals surface area contributed by atoms with Crippen LogP contribution in [-0.2, 0) is 0 Å². The van der Waals surface area contributed by atoms with Crippen molar-refractivity contribution < 1.29 is 5.11 Å². The van der Waals surface area contributed by atoms with Gasteiger partial charge in [0.1, 0.15) is 0 Å². The number of hydrogen-bond acceptors (Lipinski definition) is 2. The van der Waals surface area contributed by atoms with Gasteiger partial charge in [0.25, 0.3) is 0 Å². The van der Waals surface area contributed by atoms with Crippen molar-refractivity contribution in [1.82, 2.24) is 0 Å². The highest BCUT2D eigenvalue weighted by Gasteiger charge is 2.13. The Balaban J connectivity index is 0.000000810. The number of nitrogens with two attached hydrogens (primary N) is 1. The Bertz CT molecular complexity index is 79.7. The maximum Gasteiger partial charge on any atom is 0.0555 e. The summed E-state index contributed by atoms with van der Waals surface area (Å²) in [5.41, 5.74) is 5.67. The molecular weight excluding hydrogens is 150 g/mol. The van der Waals surface area contributed by atoms with Gasteiger partial charge in [-0.3, -0.25) is 0 Å². The Hall–Kier alpha value is 0.210. The second kappa shape index (κ2) is 4.94. The molecule has 0 aromatic rings. The standard InChI is InChI=1S/C7H15NO.ClH/c8-6-3-1-2-4-7(9)5-6;/h6-7,9H,1-5,8H2;1H. The average molecular weight is 166 g/mol. The summed E-state index contributed by atoms with van der Waals surface area (Å²) >= 11 is 0. The molecule has 3 heteroatoms. The zero-order chi connectivity index (χ0) is 6.69. The third-order valence-electron chi connectivity index (χ3n) is 1.94. The van der Waals surface area contributed by atoms with Crippen molar-refractivity contribution in [2.24, 2.45) is 5.73 Å². The molecule has 1 aliphatic rings. The van der Waals surface area contributed by atoms with E-state index >= 15 is 0 Å².